The summed E-state index contributed by atoms with van der Waals surface area (Å²) in [6, 6.07) is 53.6. The van der Waals surface area contributed by atoms with Gasteiger partial charge in [0.05, 0.1) is 0 Å². The molecule has 96 heavy (non-hydrogen) atoms. The van der Waals surface area contributed by atoms with E-state index in [4.69, 9.17) is 0 Å². The molecule has 12 aromatic carbocycles. The summed E-state index contributed by atoms with van der Waals surface area (Å²) in [6.45, 7) is 6.30. The third kappa shape index (κ3) is 15.7. The molecule has 0 heterocycles. The Morgan fingerprint density at radius 3 is 0.635 bits per heavy atom. The van der Waals surface area contributed by atoms with E-state index in [0.29, 0.717) is 16.7 Å². The highest BCUT2D eigenvalue weighted by Crippen LogP contribution is 2.37. The van der Waals surface area contributed by atoms with Gasteiger partial charge in [0.15, 0.2) is 52.4 Å². The summed E-state index contributed by atoms with van der Waals surface area (Å²) in [6.07, 6.45) is 6.17. The Morgan fingerprint density at radius 2 is 0.396 bits per heavy atom. The van der Waals surface area contributed by atoms with E-state index in [1.54, 1.807) is 36.4 Å². The fourth-order valence-corrected chi connectivity index (χ4v) is 11.0. The molecule has 0 aliphatic carbocycles. The van der Waals surface area contributed by atoms with Crippen molar-refractivity contribution in [1.82, 2.24) is 0 Å². The zero-order valence-corrected chi connectivity index (χ0v) is 51.7. The Labute approximate surface area is 545 Å². The summed E-state index contributed by atoms with van der Waals surface area (Å²) in [5, 5.41) is 0. The largest absolute Gasteiger partial charge is 0.206 e. The van der Waals surface area contributed by atoms with Crippen molar-refractivity contribution in [3.63, 3.8) is 0 Å². The molecule has 12 rings (SSSR count). The second-order valence-electron chi connectivity index (χ2n) is 22.7. The standard InChI is InChI=1S/C28H21F5.C27H19F5.C26H17F5/c1-2-3-4-17-5-7-18(8-6-17)19-9-11-22(24(29)13-19)20-10-12-23(25(30)14-20)21-15-26(31)28(33)27(32)16-21;1-2-3-16-4-6-17(7-5-16)18-8-10-21(23(28)12-18)19-9-11-22(24(29)13-19)20-14-25(30)27(32)26(31)15-20;1-2-15-3-5-16(6-4-15)17-7-9-20(22(27)11-17)18-8-10-21(23(28)12-18)19-13-24(29)26(31)25(30)14-19/h5-16H,2-4H2,1H3;4-15H,2-3H2,1H3;3-14H,2H2,1H3. The fourth-order valence-electron chi connectivity index (χ4n) is 11.0. The minimum Gasteiger partial charge on any atom is -0.206 e. The average Bonchev–Trinajstić information content (AvgIpc) is 0.878. The van der Waals surface area contributed by atoms with Crippen molar-refractivity contribution < 1.29 is 65.9 Å². The zero-order valence-electron chi connectivity index (χ0n) is 51.7. The molecular weight excluding hydrogens is 1260 g/mol. The van der Waals surface area contributed by atoms with Crippen LogP contribution in [0.15, 0.2) is 218 Å². The Kier molecular flexibility index (Phi) is 21.6. The topological polar surface area (TPSA) is 0 Å². The molecule has 486 valence electrons. The van der Waals surface area contributed by atoms with E-state index >= 15 is 0 Å². The molecule has 0 aliphatic rings. The summed E-state index contributed by atoms with van der Waals surface area (Å²) in [4.78, 5) is 0. The average molecular weight is 1320 g/mol. The van der Waals surface area contributed by atoms with Crippen LogP contribution in [0.1, 0.15) is 56.7 Å². The van der Waals surface area contributed by atoms with Crippen LogP contribution in [-0.2, 0) is 19.3 Å². The molecule has 0 atom stereocenters. The highest BCUT2D eigenvalue weighted by Gasteiger charge is 2.20. The molecule has 0 spiro atoms. The van der Waals surface area contributed by atoms with Gasteiger partial charge in [0.1, 0.15) is 34.9 Å². The quantitative estimate of drug-likeness (QED) is 0.0709. The smallest absolute Gasteiger partial charge is 0.194 e. The summed E-state index contributed by atoms with van der Waals surface area (Å²) in [5.41, 5.74) is 8.95. The fraction of sp³-hybridized carbons (Fsp3) is 0.111. The number of unbranched alkanes of at least 4 members (excludes halogenated alkanes) is 1. The van der Waals surface area contributed by atoms with E-state index in [2.05, 4.69) is 20.8 Å². The number of rotatable bonds is 15. The summed E-state index contributed by atoms with van der Waals surface area (Å²) < 4.78 is 209. The zero-order chi connectivity index (χ0) is 68.5. The lowest BCUT2D eigenvalue weighted by Gasteiger charge is -2.10. The highest BCUT2D eigenvalue weighted by molar-refractivity contribution is 5.78. The van der Waals surface area contributed by atoms with Crippen LogP contribution in [0.25, 0.3) is 100 Å². The van der Waals surface area contributed by atoms with Crippen LogP contribution < -0.4 is 0 Å². The van der Waals surface area contributed by atoms with Gasteiger partial charge in [-0.3, -0.25) is 0 Å². The Morgan fingerprint density at radius 1 is 0.188 bits per heavy atom. The van der Waals surface area contributed by atoms with Crippen molar-refractivity contribution in [3.8, 4) is 100 Å². The van der Waals surface area contributed by atoms with Gasteiger partial charge in [-0.25, -0.2) is 65.9 Å². The molecule has 0 bridgehead atoms. The van der Waals surface area contributed by atoms with Crippen LogP contribution in [0.5, 0.6) is 0 Å². The Balaban J connectivity index is 0.000000157. The van der Waals surface area contributed by atoms with Gasteiger partial charge < -0.3 is 0 Å². The maximum Gasteiger partial charge on any atom is 0.194 e. The molecule has 0 radical (unpaired) electrons. The molecular formula is C81H57F15. The number of hydrogen-bond acceptors (Lipinski definition) is 0. The first-order valence-corrected chi connectivity index (χ1v) is 30.6. The van der Waals surface area contributed by atoms with Crippen LogP contribution in [0.2, 0.25) is 0 Å². The third-order valence-electron chi connectivity index (χ3n) is 16.3. The summed E-state index contributed by atoms with van der Waals surface area (Å²) >= 11 is 0. The lowest BCUT2D eigenvalue weighted by Crippen LogP contribution is -1.94. The van der Waals surface area contributed by atoms with Gasteiger partial charge in [-0.1, -0.05) is 179 Å². The van der Waals surface area contributed by atoms with Crippen molar-refractivity contribution in [2.24, 2.45) is 0 Å². The van der Waals surface area contributed by atoms with E-state index < -0.39 is 87.3 Å². The van der Waals surface area contributed by atoms with Gasteiger partial charge in [-0.05, 0) is 182 Å². The summed E-state index contributed by atoms with van der Waals surface area (Å²) in [7, 11) is 0. The minimum absolute atomic E-state index is 0.114. The van der Waals surface area contributed by atoms with Gasteiger partial charge in [0.25, 0.3) is 0 Å². The molecule has 0 nitrogen and oxygen atoms in total. The van der Waals surface area contributed by atoms with Crippen molar-refractivity contribution in [2.45, 2.75) is 59.3 Å². The molecule has 0 aromatic heterocycles. The van der Waals surface area contributed by atoms with Crippen LogP contribution >= 0.6 is 0 Å². The number of aryl methyl sites for hydroxylation is 3. The van der Waals surface area contributed by atoms with E-state index in [-0.39, 0.29) is 66.8 Å². The lowest BCUT2D eigenvalue weighted by atomic mass is 9.96. The van der Waals surface area contributed by atoms with Crippen LogP contribution in [0, 0.1) is 87.3 Å². The minimum atomic E-state index is -1.62. The van der Waals surface area contributed by atoms with E-state index in [9.17, 15) is 65.9 Å². The maximum absolute atomic E-state index is 14.9. The molecule has 0 unspecified atom stereocenters. The molecule has 0 aliphatic heterocycles. The molecule has 0 saturated heterocycles. The van der Waals surface area contributed by atoms with Crippen molar-refractivity contribution in [1.29, 1.82) is 0 Å². The van der Waals surface area contributed by atoms with E-state index in [0.717, 1.165) is 110 Å². The summed E-state index contributed by atoms with van der Waals surface area (Å²) in [5.74, 6) is -17.3. The lowest BCUT2D eigenvalue weighted by molar-refractivity contribution is 0.447. The van der Waals surface area contributed by atoms with Crippen LogP contribution in [0.3, 0.4) is 0 Å². The van der Waals surface area contributed by atoms with E-state index in [1.165, 1.54) is 71.3 Å². The highest BCUT2D eigenvalue weighted by atomic mass is 19.2. The number of hydrogen-bond donors (Lipinski definition) is 0. The monoisotopic (exact) mass is 1310 g/mol. The first kappa shape index (κ1) is 68.4. The third-order valence-corrected chi connectivity index (χ3v) is 16.3. The van der Waals surface area contributed by atoms with Gasteiger partial charge >= 0.3 is 0 Å². The molecule has 12 aromatic rings. The number of halogens is 15. The van der Waals surface area contributed by atoms with Gasteiger partial charge in [0, 0.05) is 33.4 Å². The molecule has 0 saturated carbocycles. The van der Waals surface area contributed by atoms with E-state index in [1.807, 2.05) is 72.8 Å². The number of benzene rings is 12. The second-order valence-corrected chi connectivity index (χ2v) is 22.7. The second kappa shape index (κ2) is 30.3. The molecule has 0 N–H and O–H groups in total. The van der Waals surface area contributed by atoms with Gasteiger partial charge in [-0.2, -0.15) is 0 Å². The molecule has 0 amide bonds. The molecule has 0 fully saturated rings. The van der Waals surface area contributed by atoms with Crippen LogP contribution in [-0.4, -0.2) is 0 Å². The first-order chi connectivity index (χ1) is 46.1. The van der Waals surface area contributed by atoms with Gasteiger partial charge in [-0.15, -0.1) is 0 Å². The maximum atomic E-state index is 14.9. The first-order valence-electron chi connectivity index (χ1n) is 30.6. The van der Waals surface area contributed by atoms with Crippen LogP contribution in [0.4, 0.5) is 65.9 Å². The SMILES string of the molecule is CCCCc1ccc(-c2ccc(-c3ccc(-c4cc(F)c(F)c(F)c4)c(F)c3)c(F)c2)cc1.CCCc1ccc(-c2ccc(-c3ccc(-c4cc(F)c(F)c(F)c4)c(F)c3)c(F)c2)cc1.CCc1ccc(-c2ccc(-c3ccc(-c4cc(F)c(F)c(F)c4)c(F)c3)c(F)c2)cc1. The predicted octanol–water partition coefficient (Wildman–Crippen LogP) is 25.0. The Bertz CT molecular complexity index is 4720. The van der Waals surface area contributed by atoms with Crippen molar-refractivity contribution in [3.05, 3.63) is 322 Å². The Hall–Kier alpha value is -10.4. The molecule has 15 heteroatoms. The van der Waals surface area contributed by atoms with Crippen molar-refractivity contribution in [2.75, 3.05) is 0 Å². The van der Waals surface area contributed by atoms with Gasteiger partial charge in [0.2, 0.25) is 0 Å². The predicted molar refractivity (Wildman–Crippen MR) is 350 cm³/mol. The van der Waals surface area contributed by atoms with Crippen molar-refractivity contribution >= 4 is 0 Å². The normalized spacial score (nSPS) is 11.1.